The van der Waals surface area contributed by atoms with Gasteiger partial charge in [0.05, 0.1) is 11.1 Å². The first-order chi connectivity index (χ1) is 13.8. The predicted molar refractivity (Wildman–Crippen MR) is 106 cm³/mol. The van der Waals surface area contributed by atoms with Crippen molar-refractivity contribution in [3.8, 4) is 0 Å². The topological polar surface area (TPSA) is 84.0 Å². The molecule has 0 saturated carbocycles. The van der Waals surface area contributed by atoms with E-state index in [0.717, 1.165) is 12.0 Å². The third-order valence-corrected chi connectivity index (χ3v) is 5.47. The molecule has 2 aliphatic rings. The first-order valence-corrected chi connectivity index (χ1v) is 10.2. The minimum Gasteiger partial charge on any atom is -0.456 e. The number of benzene rings is 1. The van der Waals surface area contributed by atoms with E-state index in [9.17, 15) is 19.2 Å². The molecule has 0 aliphatic carbocycles. The number of rotatable bonds is 6. The van der Waals surface area contributed by atoms with Crippen LogP contribution in [0.2, 0.25) is 0 Å². The Bertz CT molecular complexity index is 824. The van der Waals surface area contributed by atoms with Gasteiger partial charge < -0.3 is 9.64 Å². The third-order valence-electron chi connectivity index (χ3n) is 5.47. The SMILES string of the molecule is Cc1ccc2c(c1)C(=O)N(CCCC(=O)OCC(=O)N1CC(C)CC(C)C1)C2=O. The van der Waals surface area contributed by atoms with E-state index < -0.39 is 5.97 Å². The Kier molecular flexibility index (Phi) is 6.35. The van der Waals surface area contributed by atoms with E-state index in [0.29, 0.717) is 42.5 Å². The number of hydrogen-bond donors (Lipinski definition) is 0. The fraction of sp³-hybridized carbons (Fsp3) is 0.545. The first kappa shape index (κ1) is 21.0. The summed E-state index contributed by atoms with van der Waals surface area (Å²) in [4.78, 5) is 52.0. The van der Waals surface area contributed by atoms with Gasteiger partial charge in [0, 0.05) is 26.1 Å². The smallest absolute Gasteiger partial charge is 0.306 e. The van der Waals surface area contributed by atoms with Crippen LogP contribution in [-0.2, 0) is 14.3 Å². The first-order valence-electron chi connectivity index (χ1n) is 10.2. The van der Waals surface area contributed by atoms with E-state index in [4.69, 9.17) is 4.74 Å². The van der Waals surface area contributed by atoms with E-state index in [1.807, 2.05) is 6.92 Å². The van der Waals surface area contributed by atoms with Crippen molar-refractivity contribution in [2.45, 2.75) is 40.0 Å². The Hall–Kier alpha value is -2.70. The molecule has 1 fully saturated rings. The summed E-state index contributed by atoms with van der Waals surface area (Å²) in [7, 11) is 0. The van der Waals surface area contributed by atoms with Gasteiger partial charge in [0.1, 0.15) is 0 Å². The summed E-state index contributed by atoms with van der Waals surface area (Å²) in [6.45, 7) is 7.37. The van der Waals surface area contributed by atoms with Gasteiger partial charge in [0.2, 0.25) is 0 Å². The Morgan fingerprint density at radius 2 is 1.72 bits per heavy atom. The maximum atomic E-state index is 12.4. The van der Waals surface area contributed by atoms with Crippen molar-refractivity contribution in [3.05, 3.63) is 34.9 Å². The number of nitrogens with zero attached hydrogens (tertiary/aromatic N) is 2. The Morgan fingerprint density at radius 1 is 1.07 bits per heavy atom. The quantitative estimate of drug-likeness (QED) is 0.541. The van der Waals surface area contributed by atoms with Gasteiger partial charge in [-0.15, -0.1) is 0 Å². The van der Waals surface area contributed by atoms with E-state index in [1.54, 1.807) is 23.1 Å². The van der Waals surface area contributed by atoms with Gasteiger partial charge in [0.15, 0.2) is 6.61 Å². The molecule has 7 heteroatoms. The van der Waals surface area contributed by atoms with Gasteiger partial charge in [0.25, 0.3) is 17.7 Å². The molecule has 2 heterocycles. The van der Waals surface area contributed by atoms with Crippen LogP contribution >= 0.6 is 0 Å². The largest absolute Gasteiger partial charge is 0.456 e. The molecule has 0 aromatic heterocycles. The Morgan fingerprint density at radius 3 is 2.41 bits per heavy atom. The van der Waals surface area contributed by atoms with Gasteiger partial charge in [-0.3, -0.25) is 24.1 Å². The van der Waals surface area contributed by atoms with Crippen LogP contribution in [-0.4, -0.2) is 59.7 Å². The minimum atomic E-state index is -0.496. The standard InChI is InChI=1S/C22H28N2O5/c1-14-6-7-17-18(10-14)22(28)24(21(17)27)8-4-5-20(26)29-13-19(25)23-11-15(2)9-16(3)12-23/h6-7,10,15-16H,4-5,8-9,11-13H2,1-3H3. The van der Waals surface area contributed by atoms with Crippen molar-refractivity contribution in [3.63, 3.8) is 0 Å². The lowest BCUT2D eigenvalue weighted by Gasteiger charge is -2.34. The number of imide groups is 1. The Labute approximate surface area is 171 Å². The zero-order chi connectivity index (χ0) is 21.1. The molecule has 3 amide bonds. The number of amides is 3. The molecule has 2 atom stereocenters. The maximum Gasteiger partial charge on any atom is 0.306 e. The number of ether oxygens (including phenoxy) is 1. The molecule has 2 unspecified atom stereocenters. The molecule has 0 bridgehead atoms. The lowest BCUT2D eigenvalue weighted by Crippen LogP contribution is -2.44. The average Bonchev–Trinajstić information content (AvgIpc) is 2.89. The molecule has 1 aromatic rings. The summed E-state index contributed by atoms with van der Waals surface area (Å²) in [5.74, 6) is -0.437. The highest BCUT2D eigenvalue weighted by Crippen LogP contribution is 2.24. The summed E-state index contributed by atoms with van der Waals surface area (Å²) in [6.07, 6.45) is 1.45. The molecule has 1 aromatic carbocycles. The highest BCUT2D eigenvalue weighted by molar-refractivity contribution is 6.21. The van der Waals surface area contributed by atoms with Gasteiger partial charge >= 0.3 is 5.97 Å². The highest BCUT2D eigenvalue weighted by atomic mass is 16.5. The van der Waals surface area contributed by atoms with Crippen LogP contribution in [0.4, 0.5) is 0 Å². The maximum absolute atomic E-state index is 12.4. The van der Waals surface area contributed by atoms with Crippen molar-refractivity contribution >= 4 is 23.7 Å². The van der Waals surface area contributed by atoms with Gasteiger partial charge in [-0.1, -0.05) is 25.5 Å². The monoisotopic (exact) mass is 400 g/mol. The second-order valence-electron chi connectivity index (χ2n) is 8.32. The van der Waals surface area contributed by atoms with Gasteiger partial charge in [-0.2, -0.15) is 0 Å². The number of likely N-dealkylation sites (tertiary alicyclic amines) is 1. The second-order valence-corrected chi connectivity index (χ2v) is 8.32. The molecule has 2 aliphatic heterocycles. The number of piperidine rings is 1. The van der Waals surface area contributed by atoms with Gasteiger partial charge in [-0.05, 0) is 43.7 Å². The van der Waals surface area contributed by atoms with Crippen molar-refractivity contribution in [2.75, 3.05) is 26.2 Å². The molecule has 1 saturated heterocycles. The summed E-state index contributed by atoms with van der Waals surface area (Å²) in [6, 6.07) is 5.16. The van der Waals surface area contributed by atoms with Crippen LogP contribution in [0.3, 0.4) is 0 Å². The van der Waals surface area contributed by atoms with E-state index >= 15 is 0 Å². The van der Waals surface area contributed by atoms with Crippen molar-refractivity contribution in [2.24, 2.45) is 11.8 Å². The van der Waals surface area contributed by atoms with E-state index in [2.05, 4.69) is 13.8 Å². The predicted octanol–water partition coefficient (Wildman–Crippen LogP) is 2.42. The molecule has 156 valence electrons. The van der Waals surface area contributed by atoms with E-state index in [1.165, 1.54) is 4.90 Å². The molecule has 0 radical (unpaired) electrons. The van der Waals surface area contributed by atoms with Crippen molar-refractivity contribution in [1.29, 1.82) is 0 Å². The lowest BCUT2D eigenvalue weighted by atomic mass is 9.92. The number of aryl methyl sites for hydroxylation is 1. The molecule has 7 nitrogen and oxygen atoms in total. The lowest BCUT2D eigenvalue weighted by molar-refractivity contribution is -0.153. The second kappa shape index (κ2) is 8.76. The average molecular weight is 400 g/mol. The summed E-state index contributed by atoms with van der Waals surface area (Å²) in [5, 5.41) is 0. The van der Waals surface area contributed by atoms with E-state index in [-0.39, 0.29) is 37.3 Å². The molecule has 3 rings (SSSR count). The van der Waals surface area contributed by atoms with Crippen LogP contribution in [0.1, 0.15) is 59.4 Å². The molecule has 29 heavy (non-hydrogen) atoms. The van der Waals surface area contributed by atoms with Crippen LogP contribution in [0.25, 0.3) is 0 Å². The fourth-order valence-corrected chi connectivity index (χ4v) is 4.16. The van der Waals surface area contributed by atoms with Crippen molar-refractivity contribution < 1.29 is 23.9 Å². The molecular formula is C22H28N2O5. The number of esters is 1. The van der Waals surface area contributed by atoms with Crippen molar-refractivity contribution in [1.82, 2.24) is 9.80 Å². The summed E-state index contributed by atoms with van der Waals surface area (Å²) in [5.41, 5.74) is 1.73. The highest BCUT2D eigenvalue weighted by Gasteiger charge is 2.35. The fourth-order valence-electron chi connectivity index (χ4n) is 4.16. The number of fused-ring (bicyclic) bond motifs is 1. The zero-order valence-corrected chi connectivity index (χ0v) is 17.3. The number of hydrogen-bond acceptors (Lipinski definition) is 5. The number of carbonyl (C=O) groups is 4. The molecular weight excluding hydrogens is 372 g/mol. The summed E-state index contributed by atoms with van der Waals surface area (Å²) < 4.78 is 5.10. The van der Waals surface area contributed by atoms with Crippen LogP contribution in [0.5, 0.6) is 0 Å². The number of carbonyl (C=O) groups excluding carboxylic acids is 4. The molecule has 0 N–H and O–H groups in total. The minimum absolute atomic E-state index is 0.0481. The zero-order valence-electron chi connectivity index (χ0n) is 17.3. The van der Waals surface area contributed by atoms with Crippen LogP contribution in [0, 0.1) is 18.8 Å². The van der Waals surface area contributed by atoms with Gasteiger partial charge in [-0.25, -0.2) is 0 Å². The Balaban J connectivity index is 1.42. The van der Waals surface area contributed by atoms with Crippen LogP contribution < -0.4 is 0 Å². The normalized spacial score (nSPS) is 21.3. The summed E-state index contributed by atoms with van der Waals surface area (Å²) >= 11 is 0. The molecule has 0 spiro atoms. The van der Waals surface area contributed by atoms with Crippen LogP contribution in [0.15, 0.2) is 18.2 Å². The third kappa shape index (κ3) is 4.83.